The first kappa shape index (κ1) is 10.3. The van der Waals surface area contributed by atoms with Crippen LogP contribution in [0.25, 0.3) is 4.96 Å². The van der Waals surface area contributed by atoms with Crippen LogP contribution >= 0.6 is 11.3 Å². The molecule has 0 aliphatic rings. The van der Waals surface area contributed by atoms with E-state index in [0.717, 1.165) is 10.7 Å². The molecule has 0 aromatic carbocycles. The average Bonchev–Trinajstić information content (AvgIpc) is 2.60. The fraction of sp³-hybridized carbons (Fsp3) is 0.400. The number of carbonyl (C=O) groups is 1. The van der Waals surface area contributed by atoms with E-state index in [1.54, 1.807) is 11.3 Å². The Hall–Kier alpha value is -1.20. The molecule has 0 aliphatic heterocycles. The predicted molar refractivity (Wildman–Crippen MR) is 60.3 cm³/mol. The van der Waals surface area contributed by atoms with Gasteiger partial charge >= 0.3 is 0 Å². The lowest BCUT2D eigenvalue weighted by Crippen LogP contribution is -2.23. The third kappa shape index (κ3) is 2.43. The minimum Gasteiger partial charge on any atom is -0.302 e. The number of rotatable bonds is 4. The first-order valence-electron chi connectivity index (χ1n) is 4.72. The summed E-state index contributed by atoms with van der Waals surface area (Å²) in [5.74, 6) is 0.200. The predicted octanol–water partition coefficient (Wildman–Crippen LogP) is 1.07. The number of Topliss-reactive ketones (excluding diaryl/α,β-unsaturated/α-hetero) is 1. The minimum atomic E-state index is 0.200. The van der Waals surface area contributed by atoms with Crippen LogP contribution in [-0.2, 0) is 11.2 Å². The molecule has 0 fully saturated rings. The Morgan fingerprint density at radius 2 is 2.40 bits per heavy atom. The molecule has 0 N–H and O–H groups in total. The maximum Gasteiger partial charge on any atom is 0.193 e. The van der Waals surface area contributed by atoms with Crippen molar-refractivity contribution in [1.29, 1.82) is 0 Å². The number of fused-ring (bicyclic) bond motifs is 1. The molecule has 2 rings (SSSR count). The smallest absolute Gasteiger partial charge is 0.193 e. The Morgan fingerprint density at radius 3 is 3.07 bits per heavy atom. The number of likely N-dealkylation sites (N-methyl/N-ethyl adjacent to an activating group) is 1. The molecule has 15 heavy (non-hydrogen) atoms. The Morgan fingerprint density at radius 1 is 1.60 bits per heavy atom. The molecular formula is C10H13N3OS. The van der Waals surface area contributed by atoms with E-state index in [0.29, 0.717) is 13.0 Å². The molecule has 4 nitrogen and oxygen atoms in total. The lowest BCUT2D eigenvalue weighted by molar-refractivity contribution is -0.119. The van der Waals surface area contributed by atoms with Gasteiger partial charge in [0.1, 0.15) is 0 Å². The number of hydrogen-bond acceptors (Lipinski definition) is 4. The Labute approximate surface area is 92.2 Å². The Balaban J connectivity index is 2.06. The lowest BCUT2D eigenvalue weighted by atomic mass is 10.2. The van der Waals surface area contributed by atoms with E-state index in [9.17, 15) is 4.79 Å². The van der Waals surface area contributed by atoms with Crippen molar-refractivity contribution in [2.45, 2.75) is 6.42 Å². The summed E-state index contributed by atoms with van der Waals surface area (Å²) in [5.41, 5.74) is 0.855. The van der Waals surface area contributed by atoms with E-state index in [2.05, 4.69) is 4.98 Å². The van der Waals surface area contributed by atoms with Crippen LogP contribution in [0.3, 0.4) is 0 Å². The van der Waals surface area contributed by atoms with Crippen LogP contribution in [0.2, 0.25) is 0 Å². The molecule has 0 saturated carbocycles. The van der Waals surface area contributed by atoms with Gasteiger partial charge in [-0.2, -0.15) is 0 Å². The van der Waals surface area contributed by atoms with Gasteiger partial charge in [0.15, 0.2) is 10.7 Å². The number of aromatic nitrogens is 2. The van der Waals surface area contributed by atoms with Gasteiger partial charge in [-0.15, -0.1) is 11.3 Å². The van der Waals surface area contributed by atoms with Crippen molar-refractivity contribution in [2.75, 3.05) is 20.6 Å². The van der Waals surface area contributed by atoms with Gasteiger partial charge in [0.05, 0.1) is 18.7 Å². The minimum absolute atomic E-state index is 0.200. The van der Waals surface area contributed by atoms with Crippen LogP contribution < -0.4 is 0 Å². The van der Waals surface area contributed by atoms with E-state index in [1.807, 2.05) is 41.2 Å². The van der Waals surface area contributed by atoms with Crippen LogP contribution in [0.4, 0.5) is 0 Å². The van der Waals surface area contributed by atoms with Crippen LogP contribution in [0.5, 0.6) is 0 Å². The Bertz CT molecular complexity index is 443. The van der Waals surface area contributed by atoms with E-state index >= 15 is 0 Å². The molecule has 0 spiro atoms. The molecule has 2 aromatic rings. The van der Waals surface area contributed by atoms with Crippen LogP contribution in [0, 0.1) is 0 Å². The zero-order valence-electron chi connectivity index (χ0n) is 8.80. The van der Waals surface area contributed by atoms with Gasteiger partial charge in [-0.05, 0) is 14.1 Å². The van der Waals surface area contributed by atoms with Gasteiger partial charge in [-0.3, -0.25) is 9.20 Å². The Kier molecular flexibility index (Phi) is 2.83. The van der Waals surface area contributed by atoms with Crippen molar-refractivity contribution in [2.24, 2.45) is 0 Å². The third-order valence-corrected chi connectivity index (χ3v) is 2.78. The summed E-state index contributed by atoms with van der Waals surface area (Å²) in [6, 6.07) is 0. The van der Waals surface area contributed by atoms with Crippen molar-refractivity contribution >= 4 is 22.1 Å². The van der Waals surface area contributed by atoms with Crippen LogP contribution in [-0.4, -0.2) is 40.7 Å². The van der Waals surface area contributed by atoms with Gasteiger partial charge < -0.3 is 4.90 Å². The maximum atomic E-state index is 11.5. The van der Waals surface area contributed by atoms with Crippen molar-refractivity contribution in [3.63, 3.8) is 0 Å². The molecule has 0 bridgehead atoms. The molecule has 0 saturated heterocycles. The summed E-state index contributed by atoms with van der Waals surface area (Å²) in [4.78, 5) is 18.7. The zero-order chi connectivity index (χ0) is 10.8. The van der Waals surface area contributed by atoms with Crippen LogP contribution in [0.15, 0.2) is 17.8 Å². The lowest BCUT2D eigenvalue weighted by Gasteiger charge is -2.06. The van der Waals surface area contributed by atoms with Gasteiger partial charge in [0.25, 0.3) is 0 Å². The van der Waals surface area contributed by atoms with Crippen LogP contribution in [0.1, 0.15) is 5.69 Å². The van der Waals surface area contributed by atoms with Gasteiger partial charge in [0, 0.05) is 17.8 Å². The second-order valence-corrected chi connectivity index (χ2v) is 4.65. The molecule has 2 aromatic heterocycles. The molecule has 0 unspecified atom stereocenters. The highest BCUT2D eigenvalue weighted by Gasteiger charge is 2.08. The quantitative estimate of drug-likeness (QED) is 0.778. The van der Waals surface area contributed by atoms with Gasteiger partial charge in [-0.25, -0.2) is 4.98 Å². The molecule has 5 heteroatoms. The molecule has 2 heterocycles. The number of hydrogen-bond donors (Lipinski definition) is 0. The highest BCUT2D eigenvalue weighted by atomic mass is 32.1. The largest absolute Gasteiger partial charge is 0.302 e. The first-order chi connectivity index (χ1) is 7.15. The summed E-state index contributed by atoms with van der Waals surface area (Å²) in [5, 5.41) is 1.98. The fourth-order valence-corrected chi connectivity index (χ4v) is 2.19. The van der Waals surface area contributed by atoms with E-state index < -0.39 is 0 Å². The number of nitrogens with zero attached hydrogens (tertiary/aromatic N) is 3. The number of ketones is 1. The monoisotopic (exact) mass is 223 g/mol. The van der Waals surface area contributed by atoms with Crippen molar-refractivity contribution in [3.8, 4) is 0 Å². The highest BCUT2D eigenvalue weighted by Crippen LogP contribution is 2.11. The van der Waals surface area contributed by atoms with E-state index in [4.69, 9.17) is 0 Å². The number of thiazole rings is 1. The zero-order valence-corrected chi connectivity index (χ0v) is 9.62. The van der Waals surface area contributed by atoms with Crippen molar-refractivity contribution in [1.82, 2.24) is 14.3 Å². The summed E-state index contributed by atoms with van der Waals surface area (Å²) < 4.78 is 1.95. The molecule has 0 aliphatic carbocycles. The summed E-state index contributed by atoms with van der Waals surface area (Å²) in [7, 11) is 3.79. The van der Waals surface area contributed by atoms with E-state index in [-0.39, 0.29) is 5.78 Å². The van der Waals surface area contributed by atoms with Gasteiger partial charge in [-0.1, -0.05) is 0 Å². The number of carbonyl (C=O) groups excluding carboxylic acids is 1. The highest BCUT2D eigenvalue weighted by molar-refractivity contribution is 7.15. The number of imidazole rings is 1. The van der Waals surface area contributed by atoms with Gasteiger partial charge in [0.2, 0.25) is 0 Å². The summed E-state index contributed by atoms with van der Waals surface area (Å²) >= 11 is 1.58. The molecule has 0 atom stereocenters. The normalized spacial score (nSPS) is 11.4. The second-order valence-electron chi connectivity index (χ2n) is 3.78. The molecular weight excluding hydrogens is 210 g/mol. The SMILES string of the molecule is CN(C)CC(=O)Cc1cn2ccsc2n1. The maximum absolute atomic E-state index is 11.5. The molecule has 0 radical (unpaired) electrons. The fourth-order valence-electron chi connectivity index (χ4n) is 1.47. The topological polar surface area (TPSA) is 37.6 Å². The van der Waals surface area contributed by atoms with Crippen molar-refractivity contribution in [3.05, 3.63) is 23.5 Å². The molecule has 0 amide bonds. The standard InChI is InChI=1S/C10H13N3OS/c1-12(2)7-9(14)5-8-6-13-3-4-15-10(13)11-8/h3-4,6H,5,7H2,1-2H3. The summed E-state index contributed by atoms with van der Waals surface area (Å²) in [6.07, 6.45) is 4.29. The van der Waals surface area contributed by atoms with Crippen molar-refractivity contribution < 1.29 is 4.79 Å². The second kappa shape index (κ2) is 4.12. The average molecular weight is 223 g/mol. The third-order valence-electron chi connectivity index (χ3n) is 2.01. The first-order valence-corrected chi connectivity index (χ1v) is 5.60. The molecule has 80 valence electrons. The van der Waals surface area contributed by atoms with E-state index in [1.165, 1.54) is 0 Å². The summed E-state index contributed by atoms with van der Waals surface area (Å²) in [6.45, 7) is 0.477.